The van der Waals surface area contributed by atoms with Crippen molar-refractivity contribution in [3.05, 3.63) is 130 Å². The first-order valence-electron chi connectivity index (χ1n) is 14.8. The van der Waals surface area contributed by atoms with Crippen LogP contribution in [-0.4, -0.2) is 40.0 Å². The molecule has 1 atom stereocenters. The zero-order valence-electron chi connectivity index (χ0n) is 25.9. The number of aromatic nitrogens is 1. The van der Waals surface area contributed by atoms with Crippen LogP contribution in [0.3, 0.4) is 0 Å². The van der Waals surface area contributed by atoms with Gasteiger partial charge in [-0.05, 0) is 86.9 Å². The maximum absolute atomic E-state index is 14.1. The summed E-state index contributed by atoms with van der Waals surface area (Å²) >= 11 is 7.45. The number of ether oxygens (including phenoxy) is 2. The normalized spacial score (nSPS) is 14.5. The lowest BCUT2D eigenvalue weighted by Gasteiger charge is -2.29. The summed E-state index contributed by atoms with van der Waals surface area (Å²) in [6, 6.07) is 18.0. The van der Waals surface area contributed by atoms with E-state index in [0.29, 0.717) is 56.8 Å². The minimum atomic E-state index is -0.669. The zero-order chi connectivity index (χ0) is 33.0. The maximum Gasteiger partial charge on any atom is 0.271 e. The molecule has 1 aliphatic rings. The van der Waals surface area contributed by atoms with E-state index in [2.05, 4.69) is 0 Å². The molecule has 10 nitrogen and oxygen atoms in total. The fourth-order valence-electron chi connectivity index (χ4n) is 5.27. The van der Waals surface area contributed by atoms with Crippen LogP contribution in [0, 0.1) is 10.1 Å². The second-order valence-corrected chi connectivity index (χ2v) is 11.9. The topological polar surface area (TPSA) is 116 Å². The van der Waals surface area contributed by atoms with E-state index >= 15 is 0 Å². The summed E-state index contributed by atoms with van der Waals surface area (Å²) in [5, 5.41) is 11.5. The molecule has 3 aromatic carbocycles. The van der Waals surface area contributed by atoms with E-state index in [1.807, 2.05) is 39.0 Å². The average molecular weight is 661 g/mol. The molecule has 1 aromatic heterocycles. The number of carbonyl (C=O) groups excluding carboxylic acids is 1. The highest BCUT2D eigenvalue weighted by Gasteiger charge is 2.34. The van der Waals surface area contributed by atoms with Crippen LogP contribution in [0.1, 0.15) is 50.4 Å². The molecular weight excluding hydrogens is 628 g/mol. The zero-order valence-corrected chi connectivity index (χ0v) is 27.4. The highest BCUT2D eigenvalue weighted by molar-refractivity contribution is 7.07. The third-order valence-electron chi connectivity index (χ3n) is 7.60. The SMILES string of the molecule is CCOc1cc(/C=c2/sc3n(c2=O)[C@@H](c2ccc(Cl)cc2)C(C(=O)N(CC)CC)=C(C)N=3)ccc1OCc1ccc([N+](=O)[O-])cc1. The van der Waals surface area contributed by atoms with Crippen molar-refractivity contribution >= 4 is 40.6 Å². The lowest BCUT2D eigenvalue weighted by molar-refractivity contribution is -0.384. The molecule has 0 N–H and O–H groups in total. The first kappa shape index (κ1) is 32.6. The number of hydrogen-bond donors (Lipinski definition) is 0. The summed E-state index contributed by atoms with van der Waals surface area (Å²) in [7, 11) is 0. The summed E-state index contributed by atoms with van der Waals surface area (Å²) in [6.45, 7) is 9.15. The molecule has 4 aromatic rings. The molecule has 0 saturated carbocycles. The van der Waals surface area contributed by atoms with Gasteiger partial charge in [-0.1, -0.05) is 41.1 Å². The van der Waals surface area contributed by atoms with E-state index in [1.165, 1.54) is 23.5 Å². The number of nitro groups is 1. The number of non-ortho nitro benzene ring substituents is 1. The Morgan fingerprint density at radius 1 is 1.04 bits per heavy atom. The van der Waals surface area contributed by atoms with Crippen molar-refractivity contribution in [1.29, 1.82) is 0 Å². The third kappa shape index (κ3) is 6.75. The Morgan fingerprint density at radius 2 is 1.74 bits per heavy atom. The standard InChI is InChI=1S/C34H33ClN4O6S/c1-5-37(6-2)33(41)30-21(4)36-34-38(31(30)24-11-13-25(35)14-12-24)32(40)29(46-34)19-23-10-17-27(28(18-23)44-7-3)45-20-22-8-15-26(16-9-22)39(42)43/h8-19,31H,5-7,20H2,1-4H3/b29-19+/t31-/m0/s1. The molecule has 0 spiro atoms. The molecule has 0 unspecified atom stereocenters. The number of hydrogen-bond acceptors (Lipinski definition) is 8. The van der Waals surface area contributed by atoms with Gasteiger partial charge in [0.15, 0.2) is 16.3 Å². The van der Waals surface area contributed by atoms with E-state index in [4.69, 9.17) is 26.1 Å². The monoisotopic (exact) mass is 660 g/mol. The van der Waals surface area contributed by atoms with Gasteiger partial charge in [0.2, 0.25) is 0 Å². The number of likely N-dealkylation sites (N-methyl/N-ethyl adjacent to an activating group) is 1. The smallest absolute Gasteiger partial charge is 0.271 e. The van der Waals surface area contributed by atoms with Crippen LogP contribution in [0.25, 0.3) is 6.08 Å². The summed E-state index contributed by atoms with van der Waals surface area (Å²) in [5.74, 6) is 0.829. The van der Waals surface area contributed by atoms with Gasteiger partial charge >= 0.3 is 0 Å². The van der Waals surface area contributed by atoms with Crippen LogP contribution >= 0.6 is 22.9 Å². The number of thiazole rings is 1. The molecule has 0 aliphatic carbocycles. The predicted octanol–water partition coefficient (Wildman–Crippen LogP) is 5.64. The Bertz CT molecular complexity index is 1980. The largest absolute Gasteiger partial charge is 0.490 e. The van der Waals surface area contributed by atoms with Gasteiger partial charge in [-0.3, -0.25) is 24.3 Å². The maximum atomic E-state index is 14.1. The molecule has 12 heteroatoms. The summed E-state index contributed by atoms with van der Waals surface area (Å²) in [6.07, 6.45) is 1.77. The van der Waals surface area contributed by atoms with Crippen molar-refractivity contribution in [2.75, 3.05) is 19.7 Å². The number of halogens is 1. The van der Waals surface area contributed by atoms with E-state index in [9.17, 15) is 19.7 Å². The van der Waals surface area contributed by atoms with Crippen molar-refractivity contribution in [2.45, 2.75) is 40.3 Å². The van der Waals surface area contributed by atoms with E-state index in [1.54, 1.807) is 58.9 Å². The lowest BCUT2D eigenvalue weighted by atomic mass is 9.94. The number of fused-ring (bicyclic) bond motifs is 1. The summed E-state index contributed by atoms with van der Waals surface area (Å²) in [4.78, 5) is 45.3. The molecule has 0 radical (unpaired) electrons. The molecular formula is C34H33ClN4O6S. The average Bonchev–Trinajstić information content (AvgIpc) is 3.34. The Kier molecular flexibility index (Phi) is 10.0. The van der Waals surface area contributed by atoms with Crippen molar-refractivity contribution in [3.63, 3.8) is 0 Å². The number of benzene rings is 3. The van der Waals surface area contributed by atoms with Gasteiger partial charge in [0.05, 0.1) is 33.4 Å². The minimum absolute atomic E-state index is 0.00903. The van der Waals surface area contributed by atoms with Gasteiger partial charge in [-0.25, -0.2) is 4.99 Å². The van der Waals surface area contributed by atoms with Crippen LogP contribution < -0.4 is 24.4 Å². The first-order chi connectivity index (χ1) is 22.1. The Morgan fingerprint density at radius 3 is 2.37 bits per heavy atom. The minimum Gasteiger partial charge on any atom is -0.490 e. The highest BCUT2D eigenvalue weighted by atomic mass is 35.5. The second-order valence-electron chi connectivity index (χ2n) is 10.5. The Balaban J connectivity index is 1.53. The number of nitro benzene ring substituents is 1. The van der Waals surface area contributed by atoms with Gasteiger partial charge in [-0.15, -0.1) is 0 Å². The molecule has 46 heavy (non-hydrogen) atoms. The molecule has 5 rings (SSSR count). The Hall–Kier alpha value is -4.74. The molecule has 0 fully saturated rings. The fourth-order valence-corrected chi connectivity index (χ4v) is 6.44. The van der Waals surface area contributed by atoms with Gasteiger partial charge in [0.1, 0.15) is 6.61 Å². The molecule has 0 saturated heterocycles. The van der Waals surface area contributed by atoms with Gasteiger partial charge in [0, 0.05) is 30.2 Å². The number of nitrogens with zero attached hydrogens (tertiary/aromatic N) is 4. The lowest BCUT2D eigenvalue weighted by Crippen LogP contribution is -2.43. The fraction of sp³-hybridized carbons (Fsp3) is 0.265. The highest BCUT2D eigenvalue weighted by Crippen LogP contribution is 2.32. The summed E-state index contributed by atoms with van der Waals surface area (Å²) < 4.78 is 13.9. The van der Waals surface area contributed by atoms with Crippen molar-refractivity contribution < 1.29 is 19.2 Å². The van der Waals surface area contributed by atoms with Crippen LogP contribution in [0.15, 0.2) is 87.8 Å². The third-order valence-corrected chi connectivity index (χ3v) is 8.83. The van der Waals surface area contributed by atoms with Crippen LogP contribution in [0.5, 0.6) is 11.5 Å². The summed E-state index contributed by atoms with van der Waals surface area (Å²) in [5.41, 5.74) is 3.01. The molecule has 1 aliphatic heterocycles. The van der Waals surface area contributed by atoms with Crippen molar-refractivity contribution in [1.82, 2.24) is 9.47 Å². The van der Waals surface area contributed by atoms with E-state index in [0.717, 1.165) is 16.7 Å². The number of rotatable bonds is 11. The van der Waals surface area contributed by atoms with Gasteiger partial charge < -0.3 is 14.4 Å². The van der Waals surface area contributed by atoms with Gasteiger partial charge in [-0.2, -0.15) is 0 Å². The Labute approximate surface area is 274 Å². The molecule has 238 valence electrons. The van der Waals surface area contributed by atoms with Crippen LogP contribution in [0.2, 0.25) is 5.02 Å². The van der Waals surface area contributed by atoms with Crippen molar-refractivity contribution in [3.8, 4) is 11.5 Å². The van der Waals surface area contributed by atoms with Crippen LogP contribution in [0.4, 0.5) is 5.69 Å². The van der Waals surface area contributed by atoms with Crippen LogP contribution in [-0.2, 0) is 11.4 Å². The second kappa shape index (κ2) is 14.1. The quantitative estimate of drug-likeness (QED) is 0.152. The molecule has 1 amide bonds. The van der Waals surface area contributed by atoms with Gasteiger partial charge in [0.25, 0.3) is 17.2 Å². The number of allylic oxidation sites excluding steroid dienone is 1. The predicted molar refractivity (Wildman–Crippen MR) is 178 cm³/mol. The van der Waals surface area contributed by atoms with E-state index in [-0.39, 0.29) is 23.8 Å². The number of amides is 1. The number of carbonyl (C=O) groups is 1. The first-order valence-corrected chi connectivity index (χ1v) is 16.0. The molecule has 2 heterocycles. The van der Waals surface area contributed by atoms with Crippen molar-refractivity contribution in [2.24, 2.45) is 4.99 Å². The molecule has 0 bridgehead atoms. The van der Waals surface area contributed by atoms with E-state index < -0.39 is 11.0 Å².